The summed E-state index contributed by atoms with van der Waals surface area (Å²) in [6.45, 7) is 6.51. The number of ketones is 1. The van der Waals surface area contributed by atoms with E-state index in [0.717, 1.165) is 38.8 Å². The summed E-state index contributed by atoms with van der Waals surface area (Å²) in [7, 11) is 0. The van der Waals surface area contributed by atoms with Crippen molar-refractivity contribution < 1.29 is 9.72 Å². The maximum absolute atomic E-state index is 12.3. The van der Waals surface area contributed by atoms with Gasteiger partial charge in [0, 0.05) is 17.7 Å². The van der Waals surface area contributed by atoms with E-state index >= 15 is 0 Å². The highest BCUT2D eigenvalue weighted by Crippen LogP contribution is 2.13. The van der Waals surface area contributed by atoms with Crippen LogP contribution in [-0.4, -0.2) is 35.2 Å². The van der Waals surface area contributed by atoms with Gasteiger partial charge in [-0.25, -0.2) is 0 Å². The molecule has 0 bridgehead atoms. The zero-order chi connectivity index (χ0) is 15.7. The van der Waals surface area contributed by atoms with Crippen LogP contribution in [0.15, 0.2) is 24.3 Å². The molecule has 0 aromatic heterocycles. The predicted molar refractivity (Wildman–Crippen MR) is 83.7 cm³/mol. The van der Waals surface area contributed by atoms with Crippen LogP contribution in [-0.2, 0) is 0 Å². The van der Waals surface area contributed by atoms with E-state index in [2.05, 4.69) is 18.7 Å². The molecule has 0 N–H and O–H groups in total. The van der Waals surface area contributed by atoms with Crippen molar-refractivity contribution in [2.45, 2.75) is 39.5 Å². The molecule has 5 nitrogen and oxygen atoms in total. The maximum Gasteiger partial charge on any atom is 0.269 e. The predicted octanol–water partition coefficient (Wildman–Crippen LogP) is 3.68. The first-order valence-corrected chi connectivity index (χ1v) is 7.58. The van der Waals surface area contributed by atoms with Gasteiger partial charge in [-0.15, -0.1) is 0 Å². The standard InChI is InChI=1S/C16H24N2O3/c1-3-5-11-17(12-6-4-2)13-16(19)14-7-9-15(10-8-14)18(20)21/h7-10H,3-6,11-13H2,1-2H3. The van der Waals surface area contributed by atoms with Crippen LogP contribution in [0.4, 0.5) is 5.69 Å². The van der Waals surface area contributed by atoms with Crippen LogP contribution in [0.5, 0.6) is 0 Å². The second kappa shape index (κ2) is 9.23. The van der Waals surface area contributed by atoms with Crippen LogP contribution < -0.4 is 0 Å². The first kappa shape index (κ1) is 17.3. The molecule has 1 rings (SSSR count). The monoisotopic (exact) mass is 292 g/mol. The first-order chi connectivity index (χ1) is 10.1. The second-order valence-corrected chi connectivity index (χ2v) is 5.21. The molecular formula is C16H24N2O3. The van der Waals surface area contributed by atoms with E-state index in [4.69, 9.17) is 0 Å². The van der Waals surface area contributed by atoms with Gasteiger partial charge in [-0.2, -0.15) is 0 Å². The Morgan fingerprint density at radius 1 is 1.10 bits per heavy atom. The number of rotatable bonds is 10. The largest absolute Gasteiger partial charge is 0.296 e. The summed E-state index contributed by atoms with van der Waals surface area (Å²) >= 11 is 0. The van der Waals surface area contributed by atoms with Crippen molar-refractivity contribution in [3.63, 3.8) is 0 Å². The number of nitrogens with zero attached hydrogens (tertiary/aromatic N) is 2. The lowest BCUT2D eigenvalue weighted by Gasteiger charge is -2.21. The van der Waals surface area contributed by atoms with Crippen LogP contribution in [0.1, 0.15) is 49.9 Å². The summed E-state index contributed by atoms with van der Waals surface area (Å²) in [6, 6.07) is 5.85. The Morgan fingerprint density at radius 2 is 1.62 bits per heavy atom. The van der Waals surface area contributed by atoms with Gasteiger partial charge in [0.15, 0.2) is 5.78 Å². The molecule has 0 radical (unpaired) electrons. The van der Waals surface area contributed by atoms with Crippen LogP contribution >= 0.6 is 0 Å². The summed E-state index contributed by atoms with van der Waals surface area (Å²) in [5.74, 6) is 0.0251. The molecule has 0 fully saturated rings. The number of carbonyl (C=O) groups excluding carboxylic acids is 1. The number of carbonyl (C=O) groups is 1. The van der Waals surface area contributed by atoms with Gasteiger partial charge in [0.2, 0.25) is 0 Å². The number of Topliss-reactive ketones (excluding diaryl/α,β-unsaturated/α-hetero) is 1. The average molecular weight is 292 g/mol. The van der Waals surface area contributed by atoms with Crippen LogP contribution in [0.2, 0.25) is 0 Å². The fraction of sp³-hybridized carbons (Fsp3) is 0.562. The van der Waals surface area contributed by atoms with Gasteiger partial charge in [-0.1, -0.05) is 26.7 Å². The van der Waals surface area contributed by atoms with E-state index in [1.807, 2.05) is 0 Å². The van der Waals surface area contributed by atoms with E-state index in [-0.39, 0.29) is 11.5 Å². The third kappa shape index (κ3) is 6.04. The van der Waals surface area contributed by atoms with Crippen molar-refractivity contribution in [1.82, 2.24) is 4.90 Å². The molecule has 0 amide bonds. The number of unbranched alkanes of at least 4 members (excludes halogenated alkanes) is 2. The molecule has 1 aromatic carbocycles. The number of nitro benzene ring substituents is 1. The third-order valence-corrected chi connectivity index (χ3v) is 3.42. The minimum atomic E-state index is -0.455. The summed E-state index contributed by atoms with van der Waals surface area (Å²) in [6.07, 6.45) is 4.37. The Morgan fingerprint density at radius 3 is 2.05 bits per heavy atom. The van der Waals surface area contributed by atoms with Gasteiger partial charge < -0.3 is 0 Å². The number of hydrogen-bond acceptors (Lipinski definition) is 4. The minimum absolute atomic E-state index is 0.0142. The van der Waals surface area contributed by atoms with Crippen molar-refractivity contribution >= 4 is 11.5 Å². The van der Waals surface area contributed by atoms with Crippen molar-refractivity contribution in [3.05, 3.63) is 39.9 Å². The molecular weight excluding hydrogens is 268 g/mol. The van der Waals surface area contributed by atoms with Gasteiger partial charge >= 0.3 is 0 Å². The Bertz CT molecular complexity index is 449. The van der Waals surface area contributed by atoms with E-state index in [1.54, 1.807) is 0 Å². The summed E-state index contributed by atoms with van der Waals surface area (Å²) < 4.78 is 0. The minimum Gasteiger partial charge on any atom is -0.296 e. The van der Waals surface area contributed by atoms with Gasteiger partial charge in [-0.05, 0) is 38.1 Å². The molecule has 5 heteroatoms. The first-order valence-electron chi connectivity index (χ1n) is 7.58. The zero-order valence-electron chi connectivity index (χ0n) is 12.9. The Hall–Kier alpha value is -1.75. The molecule has 0 saturated heterocycles. The smallest absolute Gasteiger partial charge is 0.269 e. The Kier molecular flexibility index (Phi) is 7.61. The molecule has 116 valence electrons. The van der Waals surface area contributed by atoms with Crippen LogP contribution in [0.3, 0.4) is 0 Å². The highest BCUT2D eigenvalue weighted by atomic mass is 16.6. The summed E-state index contributed by atoms with van der Waals surface area (Å²) in [4.78, 5) is 24.6. The molecule has 0 aliphatic carbocycles. The van der Waals surface area contributed by atoms with Gasteiger partial charge in [0.1, 0.15) is 0 Å². The number of benzene rings is 1. The fourth-order valence-corrected chi connectivity index (χ4v) is 2.10. The Balaban J connectivity index is 2.64. The number of hydrogen-bond donors (Lipinski definition) is 0. The third-order valence-electron chi connectivity index (χ3n) is 3.42. The molecule has 0 unspecified atom stereocenters. The van der Waals surface area contributed by atoms with Crippen LogP contribution in [0.25, 0.3) is 0 Å². The van der Waals surface area contributed by atoms with Crippen molar-refractivity contribution in [2.24, 2.45) is 0 Å². The normalized spacial score (nSPS) is 10.8. The molecule has 0 aliphatic rings. The highest BCUT2D eigenvalue weighted by Gasteiger charge is 2.13. The zero-order valence-corrected chi connectivity index (χ0v) is 12.9. The Labute approximate surface area is 126 Å². The van der Waals surface area contributed by atoms with Gasteiger partial charge in [-0.3, -0.25) is 19.8 Å². The maximum atomic E-state index is 12.3. The van der Waals surface area contributed by atoms with Crippen molar-refractivity contribution in [3.8, 4) is 0 Å². The lowest BCUT2D eigenvalue weighted by Crippen LogP contribution is -2.31. The summed E-state index contributed by atoms with van der Waals surface area (Å²) in [5.41, 5.74) is 0.555. The molecule has 1 aromatic rings. The van der Waals surface area contributed by atoms with E-state index in [0.29, 0.717) is 12.1 Å². The lowest BCUT2D eigenvalue weighted by atomic mass is 10.1. The average Bonchev–Trinajstić information content (AvgIpc) is 2.49. The van der Waals surface area contributed by atoms with E-state index < -0.39 is 4.92 Å². The molecule has 0 heterocycles. The van der Waals surface area contributed by atoms with E-state index in [1.165, 1.54) is 24.3 Å². The van der Waals surface area contributed by atoms with Crippen molar-refractivity contribution in [1.29, 1.82) is 0 Å². The summed E-state index contributed by atoms with van der Waals surface area (Å²) in [5, 5.41) is 10.6. The molecule has 0 aliphatic heterocycles. The molecule has 0 saturated carbocycles. The fourth-order valence-electron chi connectivity index (χ4n) is 2.10. The quantitative estimate of drug-likeness (QED) is 0.375. The van der Waals surface area contributed by atoms with Gasteiger partial charge in [0.25, 0.3) is 5.69 Å². The molecule has 21 heavy (non-hydrogen) atoms. The highest BCUT2D eigenvalue weighted by molar-refractivity contribution is 5.97. The van der Waals surface area contributed by atoms with Gasteiger partial charge in [0.05, 0.1) is 11.5 Å². The SMILES string of the molecule is CCCCN(CCCC)CC(=O)c1ccc([N+](=O)[O-])cc1. The molecule has 0 spiro atoms. The topological polar surface area (TPSA) is 63.5 Å². The second-order valence-electron chi connectivity index (χ2n) is 5.21. The van der Waals surface area contributed by atoms with Crippen LogP contribution in [0, 0.1) is 10.1 Å². The lowest BCUT2D eigenvalue weighted by molar-refractivity contribution is -0.384. The number of non-ortho nitro benzene ring substituents is 1. The van der Waals surface area contributed by atoms with Crippen molar-refractivity contribution in [2.75, 3.05) is 19.6 Å². The number of nitro groups is 1. The van der Waals surface area contributed by atoms with E-state index in [9.17, 15) is 14.9 Å². The molecule has 0 atom stereocenters.